The number of carboxylic acids is 1. The van der Waals surface area contributed by atoms with Crippen molar-refractivity contribution in [1.29, 1.82) is 0 Å². The van der Waals surface area contributed by atoms with E-state index >= 15 is 0 Å². The van der Waals surface area contributed by atoms with E-state index in [1.165, 1.54) is 6.07 Å². The fraction of sp³-hybridized carbons (Fsp3) is 0.600. The van der Waals surface area contributed by atoms with Crippen LogP contribution in [0.15, 0.2) is 10.5 Å². The molecule has 1 heterocycles. The van der Waals surface area contributed by atoms with Gasteiger partial charge < -0.3 is 19.6 Å². The first kappa shape index (κ1) is 15.6. The smallest absolute Gasteiger partial charge is 0.339 e. The molecule has 1 aromatic heterocycles. The second kappa shape index (κ2) is 6.76. The van der Waals surface area contributed by atoms with Crippen LogP contribution in [0.2, 0.25) is 0 Å². The summed E-state index contributed by atoms with van der Waals surface area (Å²) in [5.74, 6) is 0.130. The Bertz CT molecular complexity index is 516. The van der Waals surface area contributed by atoms with Crippen molar-refractivity contribution in [1.82, 2.24) is 5.32 Å². The van der Waals surface area contributed by atoms with E-state index in [-0.39, 0.29) is 18.0 Å². The third-order valence-corrected chi connectivity index (χ3v) is 3.73. The predicted octanol–water partition coefficient (Wildman–Crippen LogP) is 2.11. The Morgan fingerprint density at radius 2 is 2.19 bits per heavy atom. The molecule has 1 aliphatic carbocycles. The second-order valence-electron chi connectivity index (χ2n) is 5.38. The number of amides is 1. The van der Waals surface area contributed by atoms with Crippen LogP contribution in [0, 0.1) is 12.8 Å². The number of ether oxygens (including phenoxy) is 1. The van der Waals surface area contributed by atoms with E-state index in [2.05, 4.69) is 5.32 Å². The summed E-state index contributed by atoms with van der Waals surface area (Å²) < 4.78 is 10.8. The number of carboxylic acid groups (broad SMARTS) is 1. The van der Waals surface area contributed by atoms with Gasteiger partial charge in [-0.15, -0.1) is 0 Å². The first-order valence-electron chi connectivity index (χ1n) is 7.20. The molecule has 0 spiro atoms. The van der Waals surface area contributed by atoms with Crippen LogP contribution in [-0.2, 0) is 16.1 Å². The van der Waals surface area contributed by atoms with Gasteiger partial charge in [0.15, 0.2) is 0 Å². The molecule has 1 saturated carbocycles. The van der Waals surface area contributed by atoms with Crippen molar-refractivity contribution in [2.24, 2.45) is 5.92 Å². The third-order valence-electron chi connectivity index (χ3n) is 3.73. The van der Waals surface area contributed by atoms with E-state index in [1.54, 1.807) is 6.92 Å². The fourth-order valence-electron chi connectivity index (χ4n) is 2.58. The summed E-state index contributed by atoms with van der Waals surface area (Å²) in [6.07, 6.45) is 2.66. The minimum Gasteiger partial charge on any atom is -0.478 e. The van der Waals surface area contributed by atoms with E-state index in [0.29, 0.717) is 36.6 Å². The van der Waals surface area contributed by atoms with Crippen LogP contribution in [0.3, 0.4) is 0 Å². The number of hydrogen-bond donors (Lipinski definition) is 2. The van der Waals surface area contributed by atoms with Crippen molar-refractivity contribution in [3.05, 3.63) is 23.2 Å². The minimum absolute atomic E-state index is 0.0409. The van der Waals surface area contributed by atoms with Crippen molar-refractivity contribution in [2.45, 2.75) is 45.8 Å². The molecule has 1 amide bonds. The molecular formula is C15H21NO5. The van der Waals surface area contributed by atoms with Gasteiger partial charge in [0.05, 0.1) is 12.6 Å². The van der Waals surface area contributed by atoms with Gasteiger partial charge in [-0.3, -0.25) is 4.79 Å². The van der Waals surface area contributed by atoms with Crippen LogP contribution in [0.25, 0.3) is 0 Å². The highest BCUT2D eigenvalue weighted by atomic mass is 16.5. The Kier molecular flexibility index (Phi) is 5.01. The van der Waals surface area contributed by atoms with Crippen molar-refractivity contribution in [3.8, 4) is 0 Å². The van der Waals surface area contributed by atoms with Gasteiger partial charge in [0.1, 0.15) is 17.1 Å². The number of aromatic carboxylic acids is 1. The average molecular weight is 295 g/mol. The number of furan rings is 1. The number of rotatable bonds is 7. The molecule has 116 valence electrons. The highest BCUT2D eigenvalue weighted by Gasteiger charge is 2.31. The van der Waals surface area contributed by atoms with E-state index in [4.69, 9.17) is 14.3 Å². The Hall–Kier alpha value is -1.82. The normalized spacial score (nSPS) is 20.9. The molecule has 1 aliphatic rings. The van der Waals surface area contributed by atoms with Crippen molar-refractivity contribution >= 4 is 11.9 Å². The maximum absolute atomic E-state index is 11.8. The van der Waals surface area contributed by atoms with Crippen LogP contribution in [0.1, 0.15) is 48.1 Å². The Morgan fingerprint density at radius 1 is 1.48 bits per heavy atom. The summed E-state index contributed by atoms with van der Waals surface area (Å²) in [7, 11) is 0. The summed E-state index contributed by atoms with van der Waals surface area (Å²) in [5.41, 5.74) is 0.137. The molecule has 0 aromatic carbocycles. The lowest BCUT2D eigenvalue weighted by Gasteiger charge is -2.34. The van der Waals surface area contributed by atoms with Gasteiger partial charge in [0, 0.05) is 13.0 Å². The molecule has 2 rings (SSSR count). The molecule has 1 aromatic rings. The number of nitrogens with one attached hydrogen (secondary N) is 1. The monoisotopic (exact) mass is 295 g/mol. The maximum Gasteiger partial charge on any atom is 0.339 e. The molecule has 2 N–H and O–H groups in total. The van der Waals surface area contributed by atoms with Crippen LogP contribution in [0.4, 0.5) is 0 Å². The number of carbonyl (C=O) groups is 2. The van der Waals surface area contributed by atoms with Gasteiger partial charge in [-0.2, -0.15) is 0 Å². The lowest BCUT2D eigenvalue weighted by atomic mass is 9.80. The molecule has 0 bridgehead atoms. The zero-order valence-corrected chi connectivity index (χ0v) is 12.3. The Morgan fingerprint density at radius 3 is 2.76 bits per heavy atom. The van der Waals surface area contributed by atoms with E-state index in [0.717, 1.165) is 12.8 Å². The van der Waals surface area contributed by atoms with Gasteiger partial charge in [0.25, 0.3) is 0 Å². The van der Waals surface area contributed by atoms with Gasteiger partial charge in [-0.1, -0.05) is 0 Å². The highest BCUT2D eigenvalue weighted by Crippen LogP contribution is 2.32. The van der Waals surface area contributed by atoms with Crippen molar-refractivity contribution < 1.29 is 23.8 Å². The van der Waals surface area contributed by atoms with E-state index in [1.807, 2.05) is 6.92 Å². The standard InChI is InChI=1S/C15H21NO5/c1-3-20-11-4-10(5-11)6-14(17)16-8-12-7-13(15(18)19)9(2)21-12/h7,10-11H,3-6,8H2,1-2H3,(H,16,17)(H,18,19). The van der Waals surface area contributed by atoms with Crippen LogP contribution in [-0.4, -0.2) is 29.7 Å². The van der Waals surface area contributed by atoms with E-state index in [9.17, 15) is 9.59 Å². The third kappa shape index (κ3) is 4.07. The van der Waals surface area contributed by atoms with Gasteiger partial charge in [-0.05, 0) is 38.7 Å². The SMILES string of the molecule is CCOC1CC(CC(=O)NCc2cc(C(=O)O)c(C)o2)C1. The zero-order chi connectivity index (χ0) is 15.4. The summed E-state index contributed by atoms with van der Waals surface area (Å²) >= 11 is 0. The number of hydrogen-bond acceptors (Lipinski definition) is 4. The first-order chi connectivity index (χ1) is 9.99. The minimum atomic E-state index is -1.02. The number of carbonyl (C=O) groups excluding carboxylic acids is 1. The first-order valence-corrected chi connectivity index (χ1v) is 7.20. The Balaban J connectivity index is 1.72. The lowest BCUT2D eigenvalue weighted by molar-refractivity contribution is -0.124. The highest BCUT2D eigenvalue weighted by molar-refractivity contribution is 5.88. The quantitative estimate of drug-likeness (QED) is 0.804. The molecular weight excluding hydrogens is 274 g/mol. The molecule has 1 fully saturated rings. The van der Waals surface area contributed by atoms with Crippen LogP contribution in [0.5, 0.6) is 0 Å². The molecule has 0 radical (unpaired) electrons. The maximum atomic E-state index is 11.8. The summed E-state index contributed by atoms with van der Waals surface area (Å²) in [4.78, 5) is 22.7. The predicted molar refractivity (Wildman–Crippen MR) is 75.0 cm³/mol. The lowest BCUT2D eigenvalue weighted by Crippen LogP contribution is -2.35. The topological polar surface area (TPSA) is 88.8 Å². The van der Waals surface area contributed by atoms with Crippen molar-refractivity contribution in [2.75, 3.05) is 6.61 Å². The summed E-state index contributed by atoms with van der Waals surface area (Å²) in [5, 5.41) is 11.7. The Labute approximate surface area is 123 Å². The van der Waals surface area contributed by atoms with Crippen LogP contribution < -0.4 is 5.32 Å². The molecule has 0 unspecified atom stereocenters. The second-order valence-corrected chi connectivity index (χ2v) is 5.38. The molecule has 0 atom stereocenters. The fourth-order valence-corrected chi connectivity index (χ4v) is 2.58. The molecule has 6 nitrogen and oxygen atoms in total. The molecule has 0 saturated heterocycles. The summed E-state index contributed by atoms with van der Waals surface area (Å²) in [6, 6.07) is 1.45. The van der Waals surface area contributed by atoms with Gasteiger partial charge in [0.2, 0.25) is 5.91 Å². The largest absolute Gasteiger partial charge is 0.478 e. The van der Waals surface area contributed by atoms with E-state index < -0.39 is 5.97 Å². The van der Waals surface area contributed by atoms with Crippen molar-refractivity contribution in [3.63, 3.8) is 0 Å². The molecule has 0 aliphatic heterocycles. The average Bonchev–Trinajstić information content (AvgIpc) is 2.75. The summed E-state index contributed by atoms with van der Waals surface area (Å²) in [6.45, 7) is 4.50. The molecule has 21 heavy (non-hydrogen) atoms. The molecule has 6 heteroatoms. The zero-order valence-electron chi connectivity index (χ0n) is 12.3. The van der Waals surface area contributed by atoms with Gasteiger partial charge in [-0.25, -0.2) is 4.79 Å². The number of aryl methyl sites for hydroxylation is 1. The van der Waals surface area contributed by atoms with Crippen LogP contribution >= 0.6 is 0 Å². The van der Waals surface area contributed by atoms with Gasteiger partial charge >= 0.3 is 5.97 Å².